The maximum Gasteiger partial charge on any atom is 0.303 e. The van der Waals surface area contributed by atoms with Crippen LogP contribution in [0.3, 0.4) is 0 Å². The monoisotopic (exact) mass is 261 g/mol. The second-order valence-corrected chi connectivity index (χ2v) is 4.27. The van der Waals surface area contributed by atoms with Gasteiger partial charge in [0.25, 0.3) is 0 Å². The highest BCUT2D eigenvalue weighted by Crippen LogP contribution is 2.10. The number of carboxylic acids is 1. The molecule has 0 spiro atoms. The van der Waals surface area contributed by atoms with Gasteiger partial charge < -0.3 is 19.5 Å². The molecule has 0 radical (unpaired) electrons. The van der Waals surface area contributed by atoms with Crippen molar-refractivity contribution in [1.82, 2.24) is 4.90 Å². The smallest absolute Gasteiger partial charge is 0.303 e. The van der Waals surface area contributed by atoms with Crippen molar-refractivity contribution < 1.29 is 24.2 Å². The highest BCUT2D eigenvalue weighted by molar-refractivity contribution is 5.77. The van der Waals surface area contributed by atoms with Crippen LogP contribution in [0.25, 0.3) is 0 Å². The molecule has 0 aliphatic rings. The van der Waals surface area contributed by atoms with Gasteiger partial charge in [-0.25, -0.2) is 0 Å². The Morgan fingerprint density at radius 2 is 1.61 bits per heavy atom. The molecule has 106 valence electrons. The van der Waals surface area contributed by atoms with Crippen molar-refractivity contribution in [3.63, 3.8) is 0 Å². The summed E-state index contributed by atoms with van der Waals surface area (Å²) in [6.07, 6.45) is 0.244. The summed E-state index contributed by atoms with van der Waals surface area (Å²) in [6, 6.07) is 0. The summed E-state index contributed by atoms with van der Waals surface area (Å²) in [4.78, 5) is 24.2. The number of carbonyl (C=O) groups is 2. The van der Waals surface area contributed by atoms with Gasteiger partial charge in [0, 0.05) is 40.2 Å². The van der Waals surface area contributed by atoms with Crippen LogP contribution >= 0.6 is 0 Å². The number of hydrogen-bond acceptors (Lipinski definition) is 4. The second kappa shape index (κ2) is 9.85. The molecule has 0 aromatic carbocycles. The van der Waals surface area contributed by atoms with Gasteiger partial charge in [0.1, 0.15) is 0 Å². The molecule has 0 heterocycles. The normalized spacial score (nSPS) is 12.2. The maximum absolute atomic E-state index is 12.0. The van der Waals surface area contributed by atoms with Crippen LogP contribution in [0.4, 0.5) is 0 Å². The number of amides is 1. The van der Waals surface area contributed by atoms with E-state index >= 15 is 0 Å². The molecule has 6 heteroatoms. The maximum atomic E-state index is 12.0. The number of aliphatic carboxylic acids is 1. The van der Waals surface area contributed by atoms with E-state index < -0.39 is 5.97 Å². The Morgan fingerprint density at radius 1 is 1.11 bits per heavy atom. The molecule has 0 rings (SSSR count). The van der Waals surface area contributed by atoms with Crippen molar-refractivity contribution in [2.45, 2.75) is 19.8 Å². The van der Waals surface area contributed by atoms with Crippen molar-refractivity contribution in [1.29, 1.82) is 0 Å². The summed E-state index contributed by atoms with van der Waals surface area (Å²) in [5.41, 5.74) is 0. The minimum Gasteiger partial charge on any atom is -0.481 e. The van der Waals surface area contributed by atoms with E-state index in [9.17, 15) is 9.59 Å². The minimum atomic E-state index is -0.879. The van der Waals surface area contributed by atoms with E-state index in [2.05, 4.69) is 0 Å². The van der Waals surface area contributed by atoms with Crippen molar-refractivity contribution in [3.05, 3.63) is 0 Å². The third kappa shape index (κ3) is 8.03. The lowest BCUT2D eigenvalue weighted by atomic mass is 10.0. The summed E-state index contributed by atoms with van der Waals surface area (Å²) in [5, 5.41) is 8.65. The van der Waals surface area contributed by atoms with E-state index in [0.717, 1.165) is 0 Å². The van der Waals surface area contributed by atoms with Gasteiger partial charge >= 0.3 is 5.97 Å². The first-order chi connectivity index (χ1) is 8.51. The number of carboxylic acid groups (broad SMARTS) is 1. The Kier molecular flexibility index (Phi) is 9.22. The van der Waals surface area contributed by atoms with Gasteiger partial charge in [0.05, 0.1) is 13.2 Å². The van der Waals surface area contributed by atoms with E-state index in [1.54, 1.807) is 26.0 Å². The van der Waals surface area contributed by atoms with Crippen LogP contribution in [0.2, 0.25) is 0 Å². The average molecular weight is 261 g/mol. The zero-order chi connectivity index (χ0) is 14.0. The largest absolute Gasteiger partial charge is 0.481 e. The molecule has 0 fully saturated rings. The number of hydrogen-bond donors (Lipinski definition) is 1. The van der Waals surface area contributed by atoms with Gasteiger partial charge in [0.15, 0.2) is 0 Å². The van der Waals surface area contributed by atoms with Crippen LogP contribution < -0.4 is 0 Å². The van der Waals surface area contributed by atoms with Crippen LogP contribution in [0.5, 0.6) is 0 Å². The molecule has 0 aliphatic heterocycles. The van der Waals surface area contributed by atoms with Crippen LogP contribution in [0.15, 0.2) is 0 Å². The molecule has 0 saturated heterocycles. The predicted octanol–water partition coefficient (Wildman–Crippen LogP) is 0.609. The molecular formula is C12H23NO5. The number of nitrogens with zero attached hydrogens (tertiary/aromatic N) is 1. The molecule has 0 aliphatic carbocycles. The van der Waals surface area contributed by atoms with Crippen LogP contribution in [0, 0.1) is 5.92 Å². The fourth-order valence-electron chi connectivity index (χ4n) is 1.56. The van der Waals surface area contributed by atoms with Crippen molar-refractivity contribution in [2.24, 2.45) is 5.92 Å². The lowest BCUT2D eigenvalue weighted by molar-refractivity contribution is -0.138. The highest BCUT2D eigenvalue weighted by Gasteiger charge is 2.18. The van der Waals surface area contributed by atoms with Gasteiger partial charge in [-0.1, -0.05) is 6.92 Å². The zero-order valence-corrected chi connectivity index (χ0v) is 11.3. The Morgan fingerprint density at radius 3 is 2.00 bits per heavy atom. The Bertz CT molecular complexity index is 249. The fourth-order valence-corrected chi connectivity index (χ4v) is 1.56. The molecule has 1 N–H and O–H groups in total. The third-order valence-electron chi connectivity index (χ3n) is 2.53. The number of ether oxygens (including phenoxy) is 2. The van der Waals surface area contributed by atoms with Gasteiger partial charge in [-0.3, -0.25) is 9.59 Å². The Hall–Kier alpha value is -1.14. The van der Waals surface area contributed by atoms with Crippen molar-refractivity contribution in [3.8, 4) is 0 Å². The number of rotatable bonds is 10. The number of carbonyl (C=O) groups excluding carboxylic acids is 1. The van der Waals surface area contributed by atoms with Crippen molar-refractivity contribution in [2.75, 3.05) is 40.5 Å². The fraction of sp³-hybridized carbons (Fsp3) is 0.833. The van der Waals surface area contributed by atoms with Gasteiger partial charge in [-0.05, 0) is 5.92 Å². The van der Waals surface area contributed by atoms with Gasteiger partial charge in [-0.2, -0.15) is 0 Å². The van der Waals surface area contributed by atoms with Gasteiger partial charge in [0.2, 0.25) is 5.91 Å². The van der Waals surface area contributed by atoms with E-state index in [1.165, 1.54) is 0 Å². The molecule has 1 unspecified atom stereocenters. The topological polar surface area (TPSA) is 76.1 Å². The molecule has 6 nitrogen and oxygen atoms in total. The zero-order valence-electron chi connectivity index (χ0n) is 11.3. The van der Waals surface area contributed by atoms with E-state index in [0.29, 0.717) is 26.3 Å². The first-order valence-corrected chi connectivity index (χ1v) is 5.98. The van der Waals surface area contributed by atoms with Crippen LogP contribution in [-0.4, -0.2) is 62.4 Å². The SMILES string of the molecule is COCCN(CCOC)C(=O)CC(C)CC(=O)O. The summed E-state index contributed by atoms with van der Waals surface area (Å²) in [7, 11) is 3.15. The van der Waals surface area contributed by atoms with E-state index in [-0.39, 0.29) is 24.7 Å². The second-order valence-electron chi connectivity index (χ2n) is 4.27. The molecule has 18 heavy (non-hydrogen) atoms. The standard InChI is InChI=1S/C12H23NO5/c1-10(9-12(15)16)8-11(14)13(4-6-17-2)5-7-18-3/h10H,4-9H2,1-3H3,(H,15,16). The van der Waals surface area contributed by atoms with E-state index in [4.69, 9.17) is 14.6 Å². The summed E-state index contributed by atoms with van der Waals surface area (Å²) in [6.45, 7) is 3.68. The Labute approximate surface area is 108 Å². The lowest BCUT2D eigenvalue weighted by Crippen LogP contribution is -2.37. The quantitative estimate of drug-likeness (QED) is 0.623. The predicted molar refractivity (Wildman–Crippen MR) is 66.4 cm³/mol. The third-order valence-corrected chi connectivity index (χ3v) is 2.53. The molecule has 1 amide bonds. The molecule has 1 atom stereocenters. The highest BCUT2D eigenvalue weighted by atomic mass is 16.5. The van der Waals surface area contributed by atoms with Crippen LogP contribution in [0.1, 0.15) is 19.8 Å². The van der Waals surface area contributed by atoms with Crippen LogP contribution in [-0.2, 0) is 19.1 Å². The molecular weight excluding hydrogens is 238 g/mol. The van der Waals surface area contributed by atoms with Gasteiger partial charge in [-0.15, -0.1) is 0 Å². The minimum absolute atomic E-state index is 0.00807. The first-order valence-electron chi connectivity index (χ1n) is 5.98. The van der Waals surface area contributed by atoms with Crippen molar-refractivity contribution >= 4 is 11.9 Å². The first kappa shape index (κ1) is 16.9. The molecule has 0 aromatic rings. The van der Waals surface area contributed by atoms with E-state index in [1.807, 2.05) is 0 Å². The Balaban J connectivity index is 4.21. The lowest BCUT2D eigenvalue weighted by Gasteiger charge is -2.23. The number of methoxy groups -OCH3 is 2. The summed E-state index contributed by atoms with van der Waals surface area (Å²) < 4.78 is 9.89. The molecule has 0 bridgehead atoms. The average Bonchev–Trinajstić information content (AvgIpc) is 2.27. The molecule has 0 aromatic heterocycles. The summed E-state index contributed by atoms with van der Waals surface area (Å²) >= 11 is 0. The molecule has 0 saturated carbocycles. The summed E-state index contributed by atoms with van der Waals surface area (Å²) in [5.74, 6) is -1.10.